The molecule has 1 atom stereocenters. The molecule has 2 rings (SSSR count). The number of aryl methyl sites for hydroxylation is 1. The van der Waals surface area contributed by atoms with Crippen molar-refractivity contribution in [1.29, 1.82) is 0 Å². The minimum atomic E-state index is -2.88. The van der Waals surface area contributed by atoms with E-state index in [0.717, 1.165) is 17.6 Å². The summed E-state index contributed by atoms with van der Waals surface area (Å²) in [6.07, 6.45) is 3.04. The van der Waals surface area contributed by atoms with Crippen LogP contribution in [0.2, 0.25) is 0 Å². The van der Waals surface area contributed by atoms with E-state index in [1.165, 1.54) is 5.56 Å². The summed E-state index contributed by atoms with van der Waals surface area (Å²) in [5.74, 6) is 0.330. The van der Waals surface area contributed by atoms with Crippen molar-refractivity contribution in [2.24, 2.45) is 5.92 Å². The highest BCUT2D eigenvalue weighted by molar-refractivity contribution is 7.91. The zero-order valence-electron chi connectivity index (χ0n) is 13.1. The Kier molecular flexibility index (Phi) is 5.40. The number of hydrogen-bond acceptors (Lipinski definition) is 3. The lowest BCUT2D eigenvalue weighted by atomic mass is 10.0. The highest BCUT2D eigenvalue weighted by Gasteiger charge is 2.27. The summed E-state index contributed by atoms with van der Waals surface area (Å²) in [5.41, 5.74) is 3.22. The SMILES string of the molecule is CC/C(=C/C(=O)NC[C@H]1CCS(=O)(=O)C1)c1ccc(C)cc1. The molecule has 0 aromatic heterocycles. The van der Waals surface area contributed by atoms with Crippen molar-refractivity contribution in [3.8, 4) is 0 Å². The second kappa shape index (κ2) is 7.09. The van der Waals surface area contributed by atoms with E-state index in [9.17, 15) is 13.2 Å². The normalized spacial score (nSPS) is 20.8. The van der Waals surface area contributed by atoms with Crippen molar-refractivity contribution in [2.75, 3.05) is 18.1 Å². The van der Waals surface area contributed by atoms with Crippen molar-refractivity contribution >= 4 is 21.3 Å². The topological polar surface area (TPSA) is 63.2 Å². The molecule has 1 amide bonds. The Balaban J connectivity index is 1.95. The third kappa shape index (κ3) is 4.70. The molecule has 1 saturated heterocycles. The molecule has 5 heteroatoms. The van der Waals surface area contributed by atoms with E-state index in [0.29, 0.717) is 13.0 Å². The molecule has 1 aliphatic heterocycles. The second-order valence-corrected chi connectivity index (χ2v) is 8.13. The maximum absolute atomic E-state index is 12.0. The summed E-state index contributed by atoms with van der Waals surface area (Å²) < 4.78 is 22.8. The number of carbonyl (C=O) groups is 1. The molecule has 1 N–H and O–H groups in total. The Morgan fingerprint density at radius 3 is 2.55 bits per heavy atom. The fraction of sp³-hybridized carbons (Fsp3) is 0.471. The third-order valence-corrected chi connectivity index (χ3v) is 5.84. The highest BCUT2D eigenvalue weighted by Crippen LogP contribution is 2.19. The third-order valence-electron chi connectivity index (χ3n) is 4.00. The van der Waals surface area contributed by atoms with Crippen LogP contribution in [-0.4, -0.2) is 32.4 Å². The lowest BCUT2D eigenvalue weighted by Gasteiger charge is -2.09. The maximum Gasteiger partial charge on any atom is 0.244 e. The van der Waals surface area contributed by atoms with Crippen LogP contribution in [0.1, 0.15) is 30.9 Å². The summed E-state index contributed by atoms with van der Waals surface area (Å²) in [6, 6.07) is 8.09. The first-order valence-electron chi connectivity index (χ1n) is 7.65. The van der Waals surface area contributed by atoms with Gasteiger partial charge in [-0.15, -0.1) is 0 Å². The van der Waals surface area contributed by atoms with Crippen molar-refractivity contribution in [1.82, 2.24) is 5.32 Å². The van der Waals surface area contributed by atoms with Crippen LogP contribution in [0.4, 0.5) is 0 Å². The number of carbonyl (C=O) groups excluding carboxylic acids is 1. The molecule has 0 bridgehead atoms. The molecule has 4 nitrogen and oxygen atoms in total. The molecule has 120 valence electrons. The van der Waals surface area contributed by atoms with Crippen LogP contribution in [0.5, 0.6) is 0 Å². The number of sulfone groups is 1. The van der Waals surface area contributed by atoms with Crippen LogP contribution in [-0.2, 0) is 14.6 Å². The van der Waals surface area contributed by atoms with Crippen LogP contribution < -0.4 is 5.32 Å². The summed E-state index contributed by atoms with van der Waals surface area (Å²) in [5, 5.41) is 2.83. The molecule has 0 unspecified atom stereocenters. The van der Waals surface area contributed by atoms with Crippen LogP contribution in [0.15, 0.2) is 30.3 Å². The van der Waals surface area contributed by atoms with E-state index >= 15 is 0 Å². The number of allylic oxidation sites excluding steroid dienone is 1. The molecule has 1 aliphatic rings. The summed E-state index contributed by atoms with van der Waals surface area (Å²) >= 11 is 0. The van der Waals surface area contributed by atoms with Crippen molar-refractivity contribution in [3.05, 3.63) is 41.5 Å². The molecule has 0 aliphatic carbocycles. The lowest BCUT2D eigenvalue weighted by molar-refractivity contribution is -0.116. The number of hydrogen-bond donors (Lipinski definition) is 1. The lowest BCUT2D eigenvalue weighted by Crippen LogP contribution is -2.28. The molecule has 0 saturated carbocycles. The average Bonchev–Trinajstić information content (AvgIpc) is 2.83. The molecular weight excluding hydrogens is 298 g/mol. The Hall–Kier alpha value is -1.62. The predicted octanol–water partition coefficient (Wildman–Crippen LogP) is 2.34. The van der Waals surface area contributed by atoms with Gasteiger partial charge in [0, 0.05) is 12.6 Å². The molecule has 1 aromatic rings. The Labute approximate surface area is 132 Å². The van der Waals surface area contributed by atoms with Gasteiger partial charge in [0.2, 0.25) is 5.91 Å². The van der Waals surface area contributed by atoms with Crippen LogP contribution in [0, 0.1) is 12.8 Å². The zero-order chi connectivity index (χ0) is 16.2. The van der Waals surface area contributed by atoms with Gasteiger partial charge < -0.3 is 5.32 Å². The summed E-state index contributed by atoms with van der Waals surface area (Å²) in [4.78, 5) is 12.0. The quantitative estimate of drug-likeness (QED) is 0.847. The highest BCUT2D eigenvalue weighted by atomic mass is 32.2. The largest absolute Gasteiger partial charge is 0.352 e. The molecule has 1 aromatic carbocycles. The average molecular weight is 321 g/mol. The van der Waals surface area contributed by atoms with Gasteiger partial charge in [0.1, 0.15) is 0 Å². The van der Waals surface area contributed by atoms with Gasteiger partial charge in [-0.3, -0.25) is 4.79 Å². The van der Waals surface area contributed by atoms with Gasteiger partial charge in [0.25, 0.3) is 0 Å². The zero-order valence-corrected chi connectivity index (χ0v) is 13.9. The number of benzene rings is 1. The maximum atomic E-state index is 12.0. The second-order valence-electron chi connectivity index (χ2n) is 5.90. The van der Waals surface area contributed by atoms with Crippen molar-refractivity contribution in [3.63, 3.8) is 0 Å². The van der Waals surface area contributed by atoms with E-state index in [1.807, 2.05) is 38.1 Å². The number of nitrogens with one attached hydrogen (secondary N) is 1. The van der Waals surface area contributed by atoms with E-state index < -0.39 is 9.84 Å². The summed E-state index contributed by atoms with van der Waals surface area (Å²) in [6.45, 7) is 4.48. The standard InChI is InChI=1S/C17H23NO3S/c1-3-15(16-6-4-13(2)5-7-16)10-17(19)18-11-14-8-9-22(20,21)12-14/h4-7,10,14H,3,8-9,11-12H2,1-2H3,(H,18,19)/b15-10-/t14-/m1/s1. The van der Waals surface area contributed by atoms with Crippen LogP contribution >= 0.6 is 0 Å². The smallest absolute Gasteiger partial charge is 0.244 e. The van der Waals surface area contributed by atoms with E-state index in [-0.39, 0.29) is 23.3 Å². The number of rotatable bonds is 5. The van der Waals surface area contributed by atoms with Crippen LogP contribution in [0.3, 0.4) is 0 Å². The molecule has 0 spiro atoms. The minimum absolute atomic E-state index is 0.0480. The minimum Gasteiger partial charge on any atom is -0.352 e. The van der Waals surface area contributed by atoms with Crippen molar-refractivity contribution in [2.45, 2.75) is 26.7 Å². The summed E-state index contributed by atoms with van der Waals surface area (Å²) in [7, 11) is -2.88. The first-order chi connectivity index (χ1) is 10.4. The molecule has 1 heterocycles. The fourth-order valence-corrected chi connectivity index (χ4v) is 4.51. The van der Waals surface area contributed by atoms with Gasteiger partial charge in [0.15, 0.2) is 9.84 Å². The van der Waals surface area contributed by atoms with Gasteiger partial charge >= 0.3 is 0 Å². The van der Waals surface area contributed by atoms with Gasteiger partial charge in [0.05, 0.1) is 11.5 Å². The van der Waals surface area contributed by atoms with E-state index in [1.54, 1.807) is 6.08 Å². The number of amides is 1. The Morgan fingerprint density at radius 2 is 2.00 bits per heavy atom. The first kappa shape index (κ1) is 16.7. The molecule has 22 heavy (non-hydrogen) atoms. The monoisotopic (exact) mass is 321 g/mol. The predicted molar refractivity (Wildman–Crippen MR) is 89.2 cm³/mol. The van der Waals surface area contributed by atoms with E-state index in [4.69, 9.17) is 0 Å². The first-order valence-corrected chi connectivity index (χ1v) is 9.47. The molecular formula is C17H23NO3S. The van der Waals surface area contributed by atoms with Crippen molar-refractivity contribution < 1.29 is 13.2 Å². The Morgan fingerprint density at radius 1 is 1.32 bits per heavy atom. The van der Waals surface area contributed by atoms with Gasteiger partial charge in [-0.1, -0.05) is 36.8 Å². The van der Waals surface area contributed by atoms with Gasteiger partial charge in [-0.25, -0.2) is 8.42 Å². The fourth-order valence-electron chi connectivity index (χ4n) is 2.64. The van der Waals surface area contributed by atoms with Crippen LogP contribution in [0.25, 0.3) is 5.57 Å². The molecule has 0 radical (unpaired) electrons. The van der Waals surface area contributed by atoms with Gasteiger partial charge in [-0.2, -0.15) is 0 Å². The van der Waals surface area contributed by atoms with E-state index in [2.05, 4.69) is 5.32 Å². The molecule has 1 fully saturated rings. The Bertz CT molecular complexity index is 660. The van der Waals surface area contributed by atoms with Gasteiger partial charge in [-0.05, 0) is 36.8 Å².